The maximum absolute atomic E-state index is 11.3. The Morgan fingerprint density at radius 1 is 1.36 bits per heavy atom. The molecular weight excluding hydrogens is 388 g/mol. The van der Waals surface area contributed by atoms with Crippen LogP contribution in [0.1, 0.15) is 57.0 Å². The van der Waals surface area contributed by atoms with Gasteiger partial charge in [0.15, 0.2) is 5.13 Å². The van der Waals surface area contributed by atoms with Crippen LogP contribution in [-0.4, -0.2) is 22.6 Å². The van der Waals surface area contributed by atoms with Crippen molar-refractivity contribution in [2.45, 2.75) is 53.0 Å². The van der Waals surface area contributed by atoms with Crippen LogP contribution >= 0.6 is 22.7 Å². The highest BCUT2D eigenvalue weighted by Gasteiger charge is 2.16. The molecule has 2 heterocycles. The molecule has 2 rings (SSSR count). The predicted molar refractivity (Wildman–Crippen MR) is 121 cm³/mol. The van der Waals surface area contributed by atoms with Crippen LogP contribution in [0.3, 0.4) is 0 Å². The average Bonchev–Trinajstić information content (AvgIpc) is 3.35. The van der Waals surface area contributed by atoms with Crippen molar-refractivity contribution in [1.29, 1.82) is 0 Å². The Kier molecular flexibility index (Phi) is 9.44. The molecule has 28 heavy (non-hydrogen) atoms. The summed E-state index contributed by atoms with van der Waals surface area (Å²) in [6.07, 6.45) is 10.9. The lowest BCUT2D eigenvalue weighted by Crippen LogP contribution is -2.28. The third-order valence-corrected chi connectivity index (χ3v) is 6.44. The minimum Gasteiger partial charge on any atom is -0.480 e. The summed E-state index contributed by atoms with van der Waals surface area (Å²) >= 11 is 3.15. The number of aliphatic carboxylic acids is 1. The fourth-order valence-corrected chi connectivity index (χ4v) is 4.34. The van der Waals surface area contributed by atoms with Gasteiger partial charge in [0.2, 0.25) is 0 Å². The Bertz CT molecular complexity index is 778. The number of carboxylic acid groups (broad SMARTS) is 1. The van der Waals surface area contributed by atoms with Crippen molar-refractivity contribution in [2.24, 2.45) is 5.92 Å². The van der Waals surface area contributed by atoms with Crippen LogP contribution in [0, 0.1) is 5.92 Å². The quantitative estimate of drug-likeness (QED) is 0.401. The third-order valence-electron chi connectivity index (χ3n) is 4.68. The zero-order valence-electron chi connectivity index (χ0n) is 16.9. The monoisotopic (exact) mass is 418 g/mol. The van der Waals surface area contributed by atoms with Crippen LogP contribution in [0.4, 0.5) is 5.13 Å². The molecule has 0 aliphatic heterocycles. The van der Waals surface area contributed by atoms with Gasteiger partial charge < -0.3 is 10.0 Å². The van der Waals surface area contributed by atoms with E-state index >= 15 is 0 Å². The van der Waals surface area contributed by atoms with E-state index in [1.165, 1.54) is 23.3 Å². The smallest absolute Gasteiger partial charge is 0.323 e. The van der Waals surface area contributed by atoms with E-state index in [9.17, 15) is 9.90 Å². The van der Waals surface area contributed by atoms with Crippen molar-refractivity contribution >= 4 is 39.3 Å². The van der Waals surface area contributed by atoms with Crippen LogP contribution in [0.5, 0.6) is 0 Å². The first-order chi connectivity index (χ1) is 13.5. The summed E-state index contributed by atoms with van der Waals surface area (Å²) < 4.78 is 0. The van der Waals surface area contributed by atoms with Crippen molar-refractivity contribution in [2.75, 3.05) is 11.4 Å². The second-order valence-corrected chi connectivity index (χ2v) is 8.79. The first-order valence-corrected chi connectivity index (χ1v) is 11.5. The molecule has 1 N–H and O–H groups in total. The Labute approximate surface area is 176 Å². The van der Waals surface area contributed by atoms with Crippen LogP contribution in [0.2, 0.25) is 0 Å². The molecule has 0 saturated heterocycles. The summed E-state index contributed by atoms with van der Waals surface area (Å²) in [6.45, 7) is 7.06. The van der Waals surface area contributed by atoms with Gasteiger partial charge in [-0.25, -0.2) is 4.98 Å². The van der Waals surface area contributed by atoms with Gasteiger partial charge in [0.05, 0.1) is 12.2 Å². The Hall–Kier alpha value is -1.92. The lowest BCUT2D eigenvalue weighted by atomic mass is 10.0. The number of hydrogen-bond donors (Lipinski definition) is 1. The molecule has 6 heteroatoms. The highest BCUT2D eigenvalue weighted by molar-refractivity contribution is 7.14. The van der Waals surface area contributed by atoms with E-state index in [2.05, 4.69) is 32.1 Å². The number of rotatable bonds is 12. The molecule has 0 aliphatic carbocycles. The van der Waals surface area contributed by atoms with Gasteiger partial charge in [0.25, 0.3) is 0 Å². The van der Waals surface area contributed by atoms with E-state index in [1.54, 1.807) is 11.3 Å². The number of hydrogen-bond acceptors (Lipinski definition) is 5. The number of thiophene rings is 1. The maximum Gasteiger partial charge on any atom is 0.323 e. The fourth-order valence-electron chi connectivity index (χ4n) is 2.77. The van der Waals surface area contributed by atoms with Crippen molar-refractivity contribution in [3.8, 4) is 0 Å². The molecule has 1 unspecified atom stereocenters. The number of nitrogens with zero attached hydrogens (tertiary/aromatic N) is 2. The molecule has 0 spiro atoms. The largest absolute Gasteiger partial charge is 0.480 e. The Morgan fingerprint density at radius 2 is 2.18 bits per heavy atom. The average molecular weight is 419 g/mol. The number of aromatic nitrogens is 1. The molecule has 0 amide bonds. The minimum atomic E-state index is -0.842. The first-order valence-electron chi connectivity index (χ1n) is 9.78. The van der Waals surface area contributed by atoms with Crippen LogP contribution in [0.15, 0.2) is 41.1 Å². The lowest BCUT2D eigenvalue weighted by molar-refractivity contribution is -0.135. The molecule has 2 aromatic heterocycles. The molecule has 0 fully saturated rings. The standard InChI is InChI=1S/C22H30N2O2S2/c1-4-17(3)10-7-6-8-11-18(5-2)20-16-28-22(23-20)24(15-21(25)26)14-19-12-9-13-27-19/h5-7,9,12-13,16-17H,4,8,10-11,14-15H2,1-3H3,(H,25,26)/b7-6-,18-5+. The highest BCUT2D eigenvalue weighted by atomic mass is 32.1. The molecule has 0 bridgehead atoms. The van der Waals surface area contributed by atoms with Crippen molar-refractivity contribution in [1.82, 2.24) is 4.98 Å². The Morgan fingerprint density at radius 3 is 2.82 bits per heavy atom. The summed E-state index contributed by atoms with van der Waals surface area (Å²) in [5, 5.41) is 14.1. The van der Waals surface area contributed by atoms with Gasteiger partial charge >= 0.3 is 5.97 Å². The van der Waals surface area contributed by atoms with E-state index < -0.39 is 5.97 Å². The number of allylic oxidation sites excluding steroid dienone is 4. The van der Waals surface area contributed by atoms with E-state index in [0.717, 1.165) is 40.9 Å². The summed E-state index contributed by atoms with van der Waals surface area (Å²) in [5.74, 6) is -0.104. The summed E-state index contributed by atoms with van der Waals surface area (Å²) in [5.41, 5.74) is 2.17. The zero-order valence-corrected chi connectivity index (χ0v) is 18.6. The molecular formula is C22H30N2O2S2. The predicted octanol–water partition coefficient (Wildman–Crippen LogP) is 6.47. The zero-order chi connectivity index (χ0) is 20.4. The molecule has 4 nitrogen and oxygen atoms in total. The van der Waals surface area contributed by atoms with Gasteiger partial charge in [-0.05, 0) is 49.1 Å². The summed E-state index contributed by atoms with van der Waals surface area (Å²) in [6, 6.07) is 4.01. The van der Waals surface area contributed by atoms with E-state index in [-0.39, 0.29) is 6.54 Å². The van der Waals surface area contributed by atoms with E-state index in [4.69, 9.17) is 4.98 Å². The number of carboxylic acids is 1. The molecule has 0 saturated carbocycles. The molecule has 2 aromatic rings. The fraction of sp³-hybridized carbons (Fsp3) is 0.455. The second-order valence-electron chi connectivity index (χ2n) is 6.92. The van der Waals surface area contributed by atoms with Gasteiger partial charge in [-0.1, -0.05) is 44.6 Å². The molecule has 0 radical (unpaired) electrons. The molecule has 0 aromatic carbocycles. The maximum atomic E-state index is 11.3. The minimum absolute atomic E-state index is 0.0472. The van der Waals surface area contributed by atoms with E-state index in [0.29, 0.717) is 6.54 Å². The van der Waals surface area contributed by atoms with Gasteiger partial charge in [0.1, 0.15) is 6.54 Å². The SMILES string of the molecule is C/C=C(\CC/C=C\CC(C)CC)c1csc(N(CC(=O)O)Cc2cccs2)n1. The molecule has 0 aliphatic rings. The van der Waals surface area contributed by atoms with Crippen molar-refractivity contribution in [3.05, 3.63) is 51.7 Å². The molecule has 152 valence electrons. The molecule has 1 atom stereocenters. The van der Waals surface area contributed by atoms with Crippen LogP contribution in [0.25, 0.3) is 5.57 Å². The van der Waals surface area contributed by atoms with Crippen molar-refractivity contribution in [3.63, 3.8) is 0 Å². The summed E-state index contributed by atoms with van der Waals surface area (Å²) in [7, 11) is 0. The van der Waals surface area contributed by atoms with Gasteiger partial charge in [0, 0.05) is 10.3 Å². The lowest BCUT2D eigenvalue weighted by Gasteiger charge is -2.18. The van der Waals surface area contributed by atoms with Crippen LogP contribution in [-0.2, 0) is 11.3 Å². The van der Waals surface area contributed by atoms with Gasteiger partial charge in [-0.2, -0.15) is 0 Å². The topological polar surface area (TPSA) is 53.4 Å². The van der Waals surface area contributed by atoms with E-state index in [1.807, 2.05) is 34.7 Å². The Balaban J connectivity index is 2.01. The number of anilines is 1. The first kappa shape index (κ1) is 22.4. The van der Waals surface area contributed by atoms with Gasteiger partial charge in [-0.15, -0.1) is 22.7 Å². The summed E-state index contributed by atoms with van der Waals surface area (Å²) in [4.78, 5) is 19.0. The van der Waals surface area contributed by atoms with Crippen molar-refractivity contribution < 1.29 is 9.90 Å². The van der Waals surface area contributed by atoms with Gasteiger partial charge in [-0.3, -0.25) is 4.79 Å². The number of carbonyl (C=O) groups is 1. The normalized spacial score (nSPS) is 13.2. The van der Waals surface area contributed by atoms with Crippen LogP contribution < -0.4 is 4.90 Å². The third kappa shape index (κ3) is 7.24. The second kappa shape index (κ2) is 11.8. The number of thiazole rings is 1. The highest BCUT2D eigenvalue weighted by Crippen LogP contribution is 2.29.